The van der Waals surface area contributed by atoms with Gasteiger partial charge in [0.05, 0.1) is 0 Å². The summed E-state index contributed by atoms with van der Waals surface area (Å²) in [5.74, 6) is 0.826. The van der Waals surface area contributed by atoms with E-state index in [0.717, 1.165) is 16.4 Å². The standard InChI is InChI=1S/C8H8ClN3S/c9-7-3-1-6(2-4-7)8-10-5-12(13)11-8/h1-4,13H,5H2,(H,10,11). The van der Waals surface area contributed by atoms with Crippen molar-refractivity contribution in [1.29, 1.82) is 0 Å². The first-order chi connectivity index (χ1) is 6.25. The van der Waals surface area contributed by atoms with Crippen molar-refractivity contribution >= 4 is 30.3 Å². The second-order valence-corrected chi connectivity index (χ2v) is 3.59. The summed E-state index contributed by atoms with van der Waals surface area (Å²) >= 11 is 9.87. The molecule has 1 aliphatic heterocycles. The summed E-state index contributed by atoms with van der Waals surface area (Å²) in [5.41, 5.74) is 4.01. The summed E-state index contributed by atoms with van der Waals surface area (Å²) < 4.78 is 1.62. The van der Waals surface area contributed by atoms with Crippen LogP contribution in [0.4, 0.5) is 0 Å². The second-order valence-electron chi connectivity index (χ2n) is 2.67. The Hall–Kier alpha value is -0.710. The Labute approximate surface area is 86.9 Å². The van der Waals surface area contributed by atoms with Gasteiger partial charge in [-0.25, -0.2) is 4.99 Å². The molecule has 1 aromatic carbocycles. The highest BCUT2D eigenvalue weighted by Crippen LogP contribution is 2.11. The molecule has 0 saturated carbocycles. The Bertz CT molecular complexity index is 336. The van der Waals surface area contributed by atoms with E-state index in [1.54, 1.807) is 4.41 Å². The number of aliphatic imine (C=N–C) groups is 1. The van der Waals surface area contributed by atoms with E-state index in [4.69, 9.17) is 11.6 Å². The minimum Gasteiger partial charge on any atom is -0.292 e. The van der Waals surface area contributed by atoms with Crippen LogP contribution in [0.15, 0.2) is 29.3 Å². The third-order valence-electron chi connectivity index (χ3n) is 1.72. The highest BCUT2D eigenvalue weighted by molar-refractivity contribution is 7.77. The van der Waals surface area contributed by atoms with E-state index in [0.29, 0.717) is 6.67 Å². The van der Waals surface area contributed by atoms with Crippen LogP contribution in [0, 0.1) is 0 Å². The number of halogens is 1. The van der Waals surface area contributed by atoms with Gasteiger partial charge in [-0.3, -0.25) is 5.43 Å². The number of thiol groups is 1. The van der Waals surface area contributed by atoms with E-state index in [-0.39, 0.29) is 0 Å². The zero-order valence-corrected chi connectivity index (χ0v) is 8.39. The fourth-order valence-corrected chi connectivity index (χ4v) is 1.38. The molecule has 0 fully saturated rings. The van der Waals surface area contributed by atoms with Crippen molar-refractivity contribution in [1.82, 2.24) is 9.84 Å². The van der Waals surface area contributed by atoms with E-state index in [1.807, 2.05) is 24.3 Å². The number of nitrogens with one attached hydrogen (secondary N) is 1. The lowest BCUT2D eigenvalue weighted by Gasteiger charge is -2.07. The molecule has 0 bridgehead atoms. The van der Waals surface area contributed by atoms with Gasteiger partial charge in [0.1, 0.15) is 12.5 Å². The molecule has 68 valence electrons. The van der Waals surface area contributed by atoms with E-state index >= 15 is 0 Å². The summed E-state index contributed by atoms with van der Waals surface area (Å²) in [4.78, 5) is 4.23. The van der Waals surface area contributed by atoms with E-state index in [1.165, 1.54) is 0 Å². The van der Waals surface area contributed by atoms with E-state index < -0.39 is 0 Å². The fraction of sp³-hybridized carbons (Fsp3) is 0.125. The first-order valence-electron chi connectivity index (χ1n) is 3.79. The molecule has 0 unspecified atom stereocenters. The van der Waals surface area contributed by atoms with Crippen LogP contribution in [0.25, 0.3) is 0 Å². The molecule has 1 N–H and O–H groups in total. The van der Waals surface area contributed by atoms with Gasteiger partial charge >= 0.3 is 0 Å². The average molecular weight is 214 g/mol. The number of rotatable bonds is 1. The maximum atomic E-state index is 5.76. The van der Waals surface area contributed by atoms with Gasteiger partial charge in [0, 0.05) is 10.6 Å². The molecule has 1 aromatic rings. The summed E-state index contributed by atoms with van der Waals surface area (Å²) in [6, 6.07) is 7.51. The van der Waals surface area contributed by atoms with Gasteiger partial charge in [-0.1, -0.05) is 24.4 Å². The van der Waals surface area contributed by atoms with Gasteiger partial charge in [0.25, 0.3) is 0 Å². The Morgan fingerprint density at radius 2 is 2.08 bits per heavy atom. The largest absolute Gasteiger partial charge is 0.292 e. The van der Waals surface area contributed by atoms with Crippen LogP contribution in [0.2, 0.25) is 5.02 Å². The number of hydrogen-bond acceptors (Lipinski definition) is 4. The fourth-order valence-electron chi connectivity index (χ4n) is 1.09. The van der Waals surface area contributed by atoms with Crippen molar-refractivity contribution in [2.75, 3.05) is 6.67 Å². The van der Waals surface area contributed by atoms with Crippen LogP contribution in [-0.2, 0) is 0 Å². The molecule has 13 heavy (non-hydrogen) atoms. The third kappa shape index (κ3) is 1.96. The van der Waals surface area contributed by atoms with Crippen LogP contribution in [0.3, 0.4) is 0 Å². The molecule has 0 spiro atoms. The summed E-state index contributed by atoms with van der Waals surface area (Å²) in [6.45, 7) is 0.557. The minimum atomic E-state index is 0.557. The first kappa shape index (κ1) is 8.87. The van der Waals surface area contributed by atoms with Crippen molar-refractivity contribution in [3.8, 4) is 0 Å². The maximum absolute atomic E-state index is 5.76. The number of hydrogen-bond donors (Lipinski definition) is 2. The van der Waals surface area contributed by atoms with Crippen molar-refractivity contribution in [3.05, 3.63) is 34.9 Å². The molecule has 0 atom stereocenters. The molecule has 3 nitrogen and oxygen atoms in total. The van der Waals surface area contributed by atoms with Gasteiger partial charge < -0.3 is 0 Å². The zero-order valence-electron chi connectivity index (χ0n) is 6.74. The third-order valence-corrected chi connectivity index (χ3v) is 2.19. The Morgan fingerprint density at radius 3 is 2.62 bits per heavy atom. The number of benzene rings is 1. The highest BCUT2D eigenvalue weighted by atomic mass is 35.5. The van der Waals surface area contributed by atoms with Crippen molar-refractivity contribution < 1.29 is 0 Å². The minimum absolute atomic E-state index is 0.557. The molecule has 2 rings (SSSR count). The van der Waals surface area contributed by atoms with Crippen LogP contribution in [0.5, 0.6) is 0 Å². The van der Waals surface area contributed by atoms with Crippen molar-refractivity contribution in [2.24, 2.45) is 4.99 Å². The average Bonchev–Trinajstić information content (AvgIpc) is 2.53. The molecular formula is C8H8ClN3S. The Kier molecular flexibility index (Phi) is 2.44. The predicted molar refractivity (Wildman–Crippen MR) is 56.8 cm³/mol. The van der Waals surface area contributed by atoms with Gasteiger partial charge in [-0.15, -0.1) is 4.41 Å². The van der Waals surface area contributed by atoms with Crippen LogP contribution >= 0.6 is 24.4 Å². The number of nitrogens with zero attached hydrogens (tertiary/aromatic N) is 2. The Morgan fingerprint density at radius 1 is 1.38 bits per heavy atom. The smallest absolute Gasteiger partial charge is 0.145 e. The molecule has 0 radical (unpaired) electrons. The zero-order chi connectivity index (χ0) is 9.26. The number of hydrazine groups is 1. The predicted octanol–water partition coefficient (Wildman–Crippen LogP) is 1.71. The van der Waals surface area contributed by atoms with Crippen LogP contribution in [0.1, 0.15) is 5.56 Å². The molecule has 5 heteroatoms. The molecular weight excluding hydrogens is 206 g/mol. The van der Waals surface area contributed by atoms with Crippen LogP contribution < -0.4 is 5.43 Å². The lowest BCUT2D eigenvalue weighted by Crippen LogP contribution is -2.28. The van der Waals surface area contributed by atoms with Gasteiger partial charge in [-0.2, -0.15) is 0 Å². The van der Waals surface area contributed by atoms with Crippen LogP contribution in [-0.4, -0.2) is 16.9 Å². The van der Waals surface area contributed by atoms with Gasteiger partial charge in [-0.05, 0) is 24.3 Å². The SMILES string of the molecule is SN1CN=C(c2ccc(Cl)cc2)N1. The monoisotopic (exact) mass is 213 g/mol. The van der Waals surface area contributed by atoms with Crippen molar-refractivity contribution in [3.63, 3.8) is 0 Å². The molecule has 0 amide bonds. The maximum Gasteiger partial charge on any atom is 0.145 e. The van der Waals surface area contributed by atoms with Gasteiger partial charge in [0.2, 0.25) is 0 Å². The quantitative estimate of drug-likeness (QED) is 0.696. The second kappa shape index (κ2) is 3.57. The summed E-state index contributed by atoms with van der Waals surface area (Å²) in [6.07, 6.45) is 0. The van der Waals surface area contributed by atoms with E-state index in [9.17, 15) is 0 Å². The normalized spacial score (nSPS) is 16.9. The van der Waals surface area contributed by atoms with E-state index in [2.05, 4.69) is 23.2 Å². The highest BCUT2D eigenvalue weighted by Gasteiger charge is 2.12. The number of amidine groups is 1. The topological polar surface area (TPSA) is 27.6 Å². The Balaban J connectivity index is 2.22. The summed E-state index contributed by atoms with van der Waals surface area (Å²) in [5, 5.41) is 0.727. The molecule has 1 heterocycles. The van der Waals surface area contributed by atoms with Crippen molar-refractivity contribution in [2.45, 2.75) is 0 Å². The molecule has 0 aliphatic carbocycles. The molecule has 0 saturated heterocycles. The summed E-state index contributed by atoms with van der Waals surface area (Å²) in [7, 11) is 0. The lowest BCUT2D eigenvalue weighted by molar-refractivity contribution is 0.488. The molecule has 1 aliphatic rings. The molecule has 0 aromatic heterocycles. The van der Waals surface area contributed by atoms with Gasteiger partial charge in [0.15, 0.2) is 0 Å². The first-order valence-corrected chi connectivity index (χ1v) is 4.57. The lowest BCUT2D eigenvalue weighted by atomic mass is 10.2.